The molecule has 5 nitrogen and oxygen atoms in total. The lowest BCUT2D eigenvalue weighted by molar-refractivity contribution is -0.188. The van der Waals surface area contributed by atoms with Crippen LogP contribution in [0.2, 0.25) is 0 Å². The fraction of sp³-hybridized carbons (Fsp3) is 0.667. The van der Waals surface area contributed by atoms with Crippen molar-refractivity contribution >= 4 is 35.6 Å². The number of anilines is 1. The first-order valence-corrected chi connectivity index (χ1v) is 10.0. The van der Waals surface area contributed by atoms with E-state index in [-0.39, 0.29) is 29.4 Å². The number of hydrogen-bond donors (Lipinski definition) is 2. The predicted molar refractivity (Wildman–Crippen MR) is 122 cm³/mol. The van der Waals surface area contributed by atoms with Gasteiger partial charge in [-0.3, -0.25) is 4.99 Å². The van der Waals surface area contributed by atoms with Crippen LogP contribution in [0.5, 0.6) is 0 Å². The number of ether oxygens (including phenoxy) is 1. The summed E-state index contributed by atoms with van der Waals surface area (Å²) in [5.74, 6) is 1.55. The van der Waals surface area contributed by atoms with E-state index in [1.165, 1.54) is 18.5 Å². The fourth-order valence-electron chi connectivity index (χ4n) is 5.08. The molecule has 1 aromatic carbocycles. The summed E-state index contributed by atoms with van der Waals surface area (Å²) in [4.78, 5) is 6.96. The van der Waals surface area contributed by atoms with Crippen molar-refractivity contribution in [2.75, 3.05) is 31.6 Å². The first kappa shape index (κ1) is 20.7. The molecule has 0 amide bonds. The molecule has 2 saturated heterocycles. The second-order valence-corrected chi connectivity index (χ2v) is 8.52. The van der Waals surface area contributed by atoms with Gasteiger partial charge in [0.05, 0.1) is 6.10 Å². The summed E-state index contributed by atoms with van der Waals surface area (Å²) < 4.78 is 6.03. The van der Waals surface area contributed by atoms with Gasteiger partial charge in [0.2, 0.25) is 0 Å². The number of nitrogens with zero attached hydrogens (tertiary/aromatic N) is 2. The first-order valence-electron chi connectivity index (χ1n) is 10.0. The van der Waals surface area contributed by atoms with E-state index in [1.807, 2.05) is 7.05 Å². The average molecular weight is 484 g/mol. The molecule has 3 fully saturated rings. The molecule has 1 aromatic rings. The Hall–Kier alpha value is -1.02. The maximum atomic E-state index is 6.03. The maximum Gasteiger partial charge on any atom is 0.191 e. The quantitative estimate of drug-likeness (QED) is 0.393. The molecular weight excluding hydrogens is 451 g/mol. The van der Waals surface area contributed by atoms with Gasteiger partial charge in [-0.15, -0.1) is 24.0 Å². The number of guanidine groups is 1. The van der Waals surface area contributed by atoms with E-state index in [0.717, 1.165) is 32.1 Å². The van der Waals surface area contributed by atoms with Gasteiger partial charge in [-0.05, 0) is 31.4 Å². The molecule has 27 heavy (non-hydrogen) atoms. The summed E-state index contributed by atoms with van der Waals surface area (Å²) >= 11 is 0. The van der Waals surface area contributed by atoms with Gasteiger partial charge in [-0.2, -0.15) is 0 Å². The minimum Gasteiger partial charge on any atom is -0.377 e. The zero-order chi connectivity index (χ0) is 18.1. The van der Waals surface area contributed by atoms with Gasteiger partial charge in [-0.25, -0.2) is 0 Å². The Morgan fingerprint density at radius 1 is 1.19 bits per heavy atom. The topological polar surface area (TPSA) is 48.9 Å². The molecule has 1 saturated carbocycles. The highest BCUT2D eigenvalue weighted by Gasteiger charge is 2.58. The van der Waals surface area contributed by atoms with Crippen LogP contribution >= 0.6 is 24.0 Å². The van der Waals surface area contributed by atoms with E-state index in [4.69, 9.17) is 4.74 Å². The van der Waals surface area contributed by atoms with Crippen molar-refractivity contribution < 1.29 is 4.74 Å². The zero-order valence-corrected chi connectivity index (χ0v) is 19.0. The molecule has 150 valence electrons. The molecule has 4 rings (SSSR count). The van der Waals surface area contributed by atoms with E-state index in [9.17, 15) is 0 Å². The van der Waals surface area contributed by atoms with Gasteiger partial charge in [0.25, 0.3) is 0 Å². The highest BCUT2D eigenvalue weighted by molar-refractivity contribution is 14.0. The Morgan fingerprint density at radius 2 is 1.96 bits per heavy atom. The standard InChI is InChI=1S/C21H32N4O.HI/c1-21(2)18(17-10-7-13-26-19(17)21)24-20(22-3)23-15-11-12-25(14-15)16-8-5-4-6-9-16;/h4-6,8-9,15,17-19H,7,10-14H2,1-3H3,(H2,22,23,24);1H. The third kappa shape index (κ3) is 4.06. The van der Waals surface area contributed by atoms with Crippen molar-refractivity contribution in [3.8, 4) is 0 Å². The molecule has 0 bridgehead atoms. The summed E-state index contributed by atoms with van der Waals surface area (Å²) in [6.07, 6.45) is 3.97. The predicted octanol–water partition coefficient (Wildman–Crippen LogP) is 3.25. The molecule has 3 aliphatic rings. The minimum atomic E-state index is 0. The third-order valence-corrected chi connectivity index (χ3v) is 6.50. The van der Waals surface area contributed by atoms with Crippen LogP contribution in [-0.4, -0.2) is 50.9 Å². The molecule has 2 aliphatic heterocycles. The van der Waals surface area contributed by atoms with E-state index < -0.39 is 0 Å². The highest BCUT2D eigenvalue weighted by Crippen LogP contribution is 2.51. The van der Waals surface area contributed by atoms with Gasteiger partial charge >= 0.3 is 0 Å². The Bertz CT molecular complexity index is 651. The summed E-state index contributed by atoms with van der Waals surface area (Å²) in [6.45, 7) is 7.66. The van der Waals surface area contributed by atoms with E-state index in [1.54, 1.807) is 0 Å². The largest absolute Gasteiger partial charge is 0.377 e. The van der Waals surface area contributed by atoms with Crippen LogP contribution < -0.4 is 15.5 Å². The highest BCUT2D eigenvalue weighted by atomic mass is 127. The normalized spacial score (nSPS) is 32.1. The summed E-state index contributed by atoms with van der Waals surface area (Å²) in [7, 11) is 1.87. The smallest absolute Gasteiger partial charge is 0.191 e. The molecule has 2 N–H and O–H groups in total. The lowest BCUT2D eigenvalue weighted by Gasteiger charge is -2.60. The Labute approximate surface area is 180 Å². The Kier molecular flexibility index (Phi) is 6.56. The molecule has 4 unspecified atom stereocenters. The van der Waals surface area contributed by atoms with Crippen molar-refractivity contribution in [3.63, 3.8) is 0 Å². The van der Waals surface area contributed by atoms with Crippen LogP contribution in [0.15, 0.2) is 35.3 Å². The van der Waals surface area contributed by atoms with Crippen LogP contribution in [0.3, 0.4) is 0 Å². The minimum absolute atomic E-state index is 0. The van der Waals surface area contributed by atoms with Crippen LogP contribution in [0.25, 0.3) is 0 Å². The summed E-state index contributed by atoms with van der Waals surface area (Å²) in [5.41, 5.74) is 1.47. The van der Waals surface area contributed by atoms with Crippen molar-refractivity contribution in [3.05, 3.63) is 30.3 Å². The summed E-state index contributed by atoms with van der Waals surface area (Å²) in [5, 5.41) is 7.37. The SMILES string of the molecule is CN=C(NC1CCN(c2ccccc2)C1)NC1C2CCCOC2C1(C)C.I. The van der Waals surface area contributed by atoms with Gasteiger partial charge in [0, 0.05) is 55.8 Å². The van der Waals surface area contributed by atoms with Crippen LogP contribution in [0.4, 0.5) is 5.69 Å². The second-order valence-electron chi connectivity index (χ2n) is 8.52. The number of benzene rings is 1. The molecule has 0 spiro atoms. The molecule has 0 radical (unpaired) electrons. The van der Waals surface area contributed by atoms with Crippen LogP contribution in [0.1, 0.15) is 33.1 Å². The maximum absolute atomic E-state index is 6.03. The molecule has 1 aliphatic carbocycles. The number of aliphatic imine (C=N–C) groups is 1. The van der Waals surface area contributed by atoms with Crippen molar-refractivity contribution in [1.82, 2.24) is 10.6 Å². The van der Waals surface area contributed by atoms with E-state index in [0.29, 0.717) is 24.1 Å². The second kappa shape index (κ2) is 8.55. The molecule has 0 aromatic heterocycles. The number of rotatable bonds is 3. The summed E-state index contributed by atoms with van der Waals surface area (Å²) in [6, 6.07) is 11.5. The van der Waals surface area contributed by atoms with E-state index in [2.05, 4.69) is 64.7 Å². The van der Waals surface area contributed by atoms with Gasteiger partial charge in [0.15, 0.2) is 5.96 Å². The number of para-hydroxylation sites is 1. The monoisotopic (exact) mass is 484 g/mol. The van der Waals surface area contributed by atoms with Gasteiger partial charge in [-0.1, -0.05) is 32.0 Å². The Morgan fingerprint density at radius 3 is 2.70 bits per heavy atom. The third-order valence-electron chi connectivity index (χ3n) is 6.50. The zero-order valence-electron chi connectivity index (χ0n) is 16.6. The fourth-order valence-corrected chi connectivity index (χ4v) is 5.08. The number of hydrogen-bond acceptors (Lipinski definition) is 3. The molecule has 4 atom stereocenters. The van der Waals surface area contributed by atoms with Crippen molar-refractivity contribution in [2.24, 2.45) is 16.3 Å². The molecule has 2 heterocycles. The number of nitrogens with one attached hydrogen (secondary N) is 2. The van der Waals surface area contributed by atoms with Crippen molar-refractivity contribution in [2.45, 2.75) is 51.3 Å². The van der Waals surface area contributed by atoms with E-state index >= 15 is 0 Å². The number of halogens is 1. The number of fused-ring (bicyclic) bond motifs is 1. The van der Waals surface area contributed by atoms with Crippen LogP contribution in [0, 0.1) is 11.3 Å². The Balaban J connectivity index is 0.00000210. The van der Waals surface area contributed by atoms with Gasteiger partial charge in [0.1, 0.15) is 0 Å². The van der Waals surface area contributed by atoms with Crippen LogP contribution in [-0.2, 0) is 4.74 Å². The lowest BCUT2D eigenvalue weighted by atomic mass is 9.55. The van der Waals surface area contributed by atoms with Crippen molar-refractivity contribution in [1.29, 1.82) is 0 Å². The van der Waals surface area contributed by atoms with Gasteiger partial charge < -0.3 is 20.3 Å². The molecular formula is C21H33IN4O. The first-order chi connectivity index (χ1) is 12.6. The lowest BCUT2D eigenvalue weighted by Crippen LogP contribution is -2.71. The average Bonchev–Trinajstić information content (AvgIpc) is 3.14. The molecule has 6 heteroatoms.